The molecule has 0 aliphatic rings. The van der Waals surface area contributed by atoms with E-state index in [0.29, 0.717) is 27.6 Å². The first-order chi connectivity index (χ1) is 9.79. The fourth-order valence-corrected chi connectivity index (χ4v) is 1.98. The molecule has 112 valence electrons. The maximum Gasteiger partial charge on any atom is 0.147 e. The average molecular weight is 354 g/mol. The number of nitrogens with one attached hydrogen (secondary N) is 2. The van der Waals surface area contributed by atoms with Crippen LogP contribution in [-0.2, 0) is 5.41 Å². The lowest BCUT2D eigenvalue weighted by Crippen LogP contribution is -2.19. The van der Waals surface area contributed by atoms with Crippen molar-refractivity contribution in [3.63, 3.8) is 0 Å². The average Bonchev–Trinajstić information content (AvgIpc) is 2.40. The topological polar surface area (TPSA) is 75.9 Å². The summed E-state index contributed by atoms with van der Waals surface area (Å²) in [6.45, 7) is 5.98. The molecule has 21 heavy (non-hydrogen) atoms. The molecule has 4 N–H and O–H groups in total. The van der Waals surface area contributed by atoms with Gasteiger partial charge in [-0.1, -0.05) is 36.7 Å². The van der Waals surface area contributed by atoms with Crippen molar-refractivity contribution in [2.45, 2.75) is 26.2 Å². The zero-order valence-corrected chi connectivity index (χ0v) is 13.6. The second-order valence-electron chi connectivity index (χ2n) is 5.61. The van der Waals surface area contributed by atoms with Gasteiger partial charge in [0.15, 0.2) is 0 Å². The molecule has 2 aromatic rings. The lowest BCUT2D eigenvalue weighted by molar-refractivity contribution is 0.547. The first-order valence-corrected chi connectivity index (χ1v) is 7.17. The molecule has 0 fully saturated rings. The third kappa shape index (κ3) is 3.89. The van der Waals surface area contributed by atoms with E-state index in [1.807, 2.05) is 20.8 Å². The third-order valence-electron chi connectivity index (χ3n) is 2.74. The normalized spacial score (nSPS) is 11.3. The first kappa shape index (κ1) is 15.7. The van der Waals surface area contributed by atoms with Crippen LogP contribution < -0.4 is 16.6 Å². The zero-order chi connectivity index (χ0) is 15.6. The molecule has 2 rings (SSSR count). The Kier molecular flexibility index (Phi) is 4.43. The summed E-state index contributed by atoms with van der Waals surface area (Å²) in [5, 5.41) is 2.94. The summed E-state index contributed by atoms with van der Waals surface area (Å²) in [7, 11) is 0. The van der Waals surface area contributed by atoms with E-state index in [1.54, 1.807) is 18.2 Å². The zero-order valence-electron chi connectivity index (χ0n) is 12.0. The van der Waals surface area contributed by atoms with E-state index in [2.05, 4.69) is 36.6 Å². The molecule has 0 unspecified atom stereocenters. The largest absolute Gasteiger partial charge is 0.338 e. The van der Waals surface area contributed by atoms with E-state index in [0.717, 1.165) is 0 Å². The third-order valence-corrected chi connectivity index (χ3v) is 3.23. The SMILES string of the molecule is CC(C)(C)c1nc(NN)cc(Nc2ccc(Br)cc2F)n1. The standard InChI is InChI=1S/C14H17BrFN5/c1-14(2,3)13-19-11(7-12(20-13)21-17)18-10-5-4-8(15)6-9(10)16/h4-7H,17H2,1-3H3,(H2,18,19,20,21). The number of anilines is 3. The molecule has 0 saturated heterocycles. The van der Waals surface area contributed by atoms with Crippen LogP contribution in [0.25, 0.3) is 0 Å². The van der Waals surface area contributed by atoms with Gasteiger partial charge in [0.1, 0.15) is 23.3 Å². The molecule has 0 spiro atoms. The quantitative estimate of drug-likeness (QED) is 0.579. The Labute approximate surface area is 131 Å². The van der Waals surface area contributed by atoms with E-state index in [9.17, 15) is 4.39 Å². The summed E-state index contributed by atoms with van der Waals surface area (Å²) < 4.78 is 14.6. The number of rotatable bonds is 3. The maximum absolute atomic E-state index is 13.9. The van der Waals surface area contributed by atoms with Crippen molar-refractivity contribution in [1.29, 1.82) is 0 Å². The summed E-state index contributed by atoms with van der Waals surface area (Å²) >= 11 is 3.22. The Morgan fingerprint density at radius 1 is 1.14 bits per heavy atom. The van der Waals surface area contributed by atoms with Gasteiger partial charge < -0.3 is 10.7 Å². The van der Waals surface area contributed by atoms with E-state index < -0.39 is 0 Å². The molecule has 0 atom stereocenters. The molecule has 0 saturated carbocycles. The fourth-order valence-electron chi connectivity index (χ4n) is 1.65. The molecule has 0 radical (unpaired) electrons. The summed E-state index contributed by atoms with van der Waals surface area (Å²) in [5.41, 5.74) is 2.58. The molecule has 0 bridgehead atoms. The lowest BCUT2D eigenvalue weighted by Gasteiger charge is -2.19. The fraction of sp³-hybridized carbons (Fsp3) is 0.286. The smallest absolute Gasteiger partial charge is 0.147 e. The molecule has 1 heterocycles. The van der Waals surface area contributed by atoms with Crippen molar-refractivity contribution in [1.82, 2.24) is 9.97 Å². The van der Waals surface area contributed by atoms with Gasteiger partial charge >= 0.3 is 0 Å². The van der Waals surface area contributed by atoms with Crippen molar-refractivity contribution in [2.75, 3.05) is 10.7 Å². The van der Waals surface area contributed by atoms with Gasteiger partial charge in [-0.05, 0) is 18.2 Å². The number of hydrazine groups is 1. The molecule has 7 heteroatoms. The van der Waals surface area contributed by atoms with E-state index in [-0.39, 0.29) is 11.2 Å². The number of hydrogen-bond acceptors (Lipinski definition) is 5. The molecular weight excluding hydrogens is 337 g/mol. The summed E-state index contributed by atoms with van der Waals surface area (Å²) in [6, 6.07) is 6.39. The minimum atomic E-state index is -0.373. The van der Waals surface area contributed by atoms with Crippen molar-refractivity contribution in [2.24, 2.45) is 5.84 Å². The second-order valence-corrected chi connectivity index (χ2v) is 6.52. The second kappa shape index (κ2) is 5.95. The lowest BCUT2D eigenvalue weighted by atomic mass is 9.96. The van der Waals surface area contributed by atoms with Gasteiger partial charge in [0.25, 0.3) is 0 Å². The molecule has 5 nitrogen and oxygen atoms in total. The van der Waals surface area contributed by atoms with Crippen LogP contribution in [0.1, 0.15) is 26.6 Å². The minimum absolute atomic E-state index is 0.248. The van der Waals surface area contributed by atoms with Crippen LogP contribution in [0, 0.1) is 5.82 Å². The molecule has 1 aromatic carbocycles. The van der Waals surface area contributed by atoms with Crippen LogP contribution in [0.5, 0.6) is 0 Å². The van der Waals surface area contributed by atoms with Crippen LogP contribution in [0.15, 0.2) is 28.7 Å². The number of nitrogen functional groups attached to an aromatic ring is 1. The van der Waals surface area contributed by atoms with Gasteiger partial charge in [-0.15, -0.1) is 0 Å². The number of benzene rings is 1. The number of nitrogens with two attached hydrogens (primary N) is 1. The summed E-state index contributed by atoms with van der Waals surface area (Å²) in [6.07, 6.45) is 0. The monoisotopic (exact) mass is 353 g/mol. The van der Waals surface area contributed by atoms with Gasteiger partial charge in [-0.25, -0.2) is 20.2 Å². The van der Waals surface area contributed by atoms with Crippen molar-refractivity contribution in [3.05, 3.63) is 40.4 Å². The van der Waals surface area contributed by atoms with Crippen LogP contribution in [0.3, 0.4) is 0 Å². The Bertz CT molecular complexity index is 654. The number of nitrogens with zero attached hydrogens (tertiary/aromatic N) is 2. The van der Waals surface area contributed by atoms with Gasteiger partial charge in [-0.3, -0.25) is 0 Å². The number of hydrogen-bond donors (Lipinski definition) is 3. The summed E-state index contributed by atoms with van der Waals surface area (Å²) in [5.74, 6) is 6.61. The van der Waals surface area contributed by atoms with E-state index >= 15 is 0 Å². The maximum atomic E-state index is 13.9. The Hall–Kier alpha value is -1.73. The predicted molar refractivity (Wildman–Crippen MR) is 85.9 cm³/mol. The van der Waals surface area contributed by atoms with Crippen LogP contribution in [-0.4, -0.2) is 9.97 Å². The van der Waals surface area contributed by atoms with Gasteiger partial charge in [0, 0.05) is 16.0 Å². The van der Waals surface area contributed by atoms with Crippen LogP contribution in [0.2, 0.25) is 0 Å². The van der Waals surface area contributed by atoms with Crippen LogP contribution in [0.4, 0.5) is 21.7 Å². The van der Waals surface area contributed by atoms with E-state index in [1.165, 1.54) is 6.07 Å². The molecular formula is C14H17BrFN5. The highest BCUT2D eigenvalue weighted by molar-refractivity contribution is 9.10. The Morgan fingerprint density at radius 3 is 2.38 bits per heavy atom. The van der Waals surface area contributed by atoms with Crippen molar-refractivity contribution < 1.29 is 4.39 Å². The predicted octanol–water partition coefficient (Wildman–Crippen LogP) is 3.70. The van der Waals surface area contributed by atoms with E-state index in [4.69, 9.17) is 5.84 Å². The molecule has 0 amide bonds. The van der Waals surface area contributed by atoms with Crippen molar-refractivity contribution in [3.8, 4) is 0 Å². The Balaban J connectivity index is 2.39. The number of halogens is 2. The highest BCUT2D eigenvalue weighted by Crippen LogP contribution is 2.26. The molecule has 0 aliphatic heterocycles. The van der Waals surface area contributed by atoms with Gasteiger partial charge in [0.2, 0.25) is 0 Å². The Morgan fingerprint density at radius 2 is 1.81 bits per heavy atom. The molecule has 0 aliphatic carbocycles. The first-order valence-electron chi connectivity index (χ1n) is 6.38. The molecule has 1 aromatic heterocycles. The highest BCUT2D eigenvalue weighted by atomic mass is 79.9. The summed E-state index contributed by atoms with van der Waals surface area (Å²) in [4.78, 5) is 8.73. The van der Waals surface area contributed by atoms with Gasteiger partial charge in [-0.2, -0.15) is 0 Å². The minimum Gasteiger partial charge on any atom is -0.338 e. The van der Waals surface area contributed by atoms with Crippen LogP contribution >= 0.6 is 15.9 Å². The number of aromatic nitrogens is 2. The van der Waals surface area contributed by atoms with Crippen molar-refractivity contribution >= 4 is 33.3 Å². The van der Waals surface area contributed by atoms with Gasteiger partial charge in [0.05, 0.1) is 5.69 Å². The highest BCUT2D eigenvalue weighted by Gasteiger charge is 2.19.